The van der Waals surface area contributed by atoms with Crippen molar-refractivity contribution in [3.8, 4) is 0 Å². The van der Waals surface area contributed by atoms with Crippen LogP contribution in [0.25, 0.3) is 0 Å². The Balaban J connectivity index is 0. The third kappa shape index (κ3) is 18.2. The van der Waals surface area contributed by atoms with Crippen LogP contribution < -0.4 is 0 Å². The fourth-order valence-corrected chi connectivity index (χ4v) is 0. The molecule has 0 aromatic heterocycles. The Hall–Kier alpha value is 3.80. The third-order valence-electron chi connectivity index (χ3n) is 0. The molecular weight excluding hydrogens is 586 g/mol. The van der Waals surface area contributed by atoms with Crippen molar-refractivity contribution in [3.63, 3.8) is 0 Å². The van der Waals surface area contributed by atoms with Gasteiger partial charge in [-0.15, -0.1) is 0 Å². The van der Waals surface area contributed by atoms with E-state index in [2.05, 4.69) is 0 Å². The minimum absolute atomic E-state index is 0. The first-order valence-corrected chi connectivity index (χ1v) is 0. The average molecular weight is 586 g/mol. The number of hydrogen-bond donors (Lipinski definition) is 0. The molecule has 2 radical (unpaired) electrons. The Labute approximate surface area is 119 Å². The Bertz CT molecular complexity index is 11.6. The fourth-order valence-electron chi connectivity index (χ4n) is 0. The van der Waals surface area contributed by atoms with E-state index in [1.165, 1.54) is 0 Å². The first-order chi connectivity index (χ1) is 0. The van der Waals surface area contributed by atoms with Crippen LogP contribution in [0.5, 0.6) is 0 Å². The van der Waals surface area contributed by atoms with Crippen LogP contribution in [-0.4, -0.2) is 71.7 Å². The Morgan fingerprint density at radius 1 is 1.00 bits per heavy atom. The molecule has 5 heavy (non-hydrogen) atoms. The quantitative estimate of drug-likeness (QED) is 0.330. The van der Waals surface area contributed by atoms with Gasteiger partial charge >= 0.3 is 116 Å². The van der Waals surface area contributed by atoms with Crippen molar-refractivity contribution in [2.24, 2.45) is 0 Å². The van der Waals surface area contributed by atoms with Crippen LogP contribution in [0.2, 0.25) is 0 Å². The van der Waals surface area contributed by atoms with E-state index in [4.69, 9.17) is 0 Å². The zero-order valence-electron chi connectivity index (χ0n) is 2.46. The zero-order valence-corrected chi connectivity index (χ0v) is 14.8. The van der Waals surface area contributed by atoms with Crippen molar-refractivity contribution in [1.82, 2.24) is 0 Å². The second-order valence-electron chi connectivity index (χ2n) is 0. The summed E-state index contributed by atoms with van der Waals surface area (Å²) < 4.78 is 0. The van der Waals surface area contributed by atoms with Crippen molar-refractivity contribution >= 4 is 71.7 Å². The summed E-state index contributed by atoms with van der Waals surface area (Å²) in [5, 5.41) is 0. The van der Waals surface area contributed by atoms with Crippen LogP contribution in [0.4, 0.5) is 0 Å². The van der Waals surface area contributed by atoms with Gasteiger partial charge in [-0.05, 0) is 0 Å². The van der Waals surface area contributed by atoms with E-state index < -0.39 is 0 Å². The van der Waals surface area contributed by atoms with Gasteiger partial charge in [-0.3, -0.25) is 0 Å². The minimum Gasteiger partial charge on any atom is -2.00 e. The fraction of sp³-hybridized carbons (Fsp3) is 0. The van der Waals surface area contributed by atoms with Gasteiger partial charge in [0.2, 0.25) is 0 Å². The van der Waals surface area contributed by atoms with Gasteiger partial charge in [0.25, 0.3) is 0 Å². The maximum Gasteiger partial charge on any atom is 5.00 e. The van der Waals surface area contributed by atoms with Gasteiger partial charge in [0, 0.05) is 0 Å². The summed E-state index contributed by atoms with van der Waals surface area (Å²) >= 11 is 0. The van der Waals surface area contributed by atoms with E-state index in [-0.39, 0.29) is 122 Å². The molecule has 5 heteroatoms. The van der Waals surface area contributed by atoms with E-state index in [0.717, 1.165) is 0 Å². The van der Waals surface area contributed by atoms with Crippen LogP contribution in [0.3, 0.4) is 0 Å². The third-order valence-corrected chi connectivity index (χ3v) is 0. The first kappa shape index (κ1) is 37.1. The summed E-state index contributed by atoms with van der Waals surface area (Å²) in [5.74, 6) is 0. The van der Waals surface area contributed by atoms with Crippen LogP contribution >= 0.6 is 0 Å². The number of rotatable bonds is 0. The largest absolute Gasteiger partial charge is 5.00 e. The summed E-state index contributed by atoms with van der Waals surface area (Å²) in [6.07, 6.45) is 0. The zero-order chi connectivity index (χ0) is 0. The maximum atomic E-state index is 0. The maximum absolute atomic E-state index is 0. The first-order valence-electron chi connectivity index (χ1n) is 0. The van der Waals surface area contributed by atoms with Crippen LogP contribution in [-0.2, 0) is 50.2 Å². The summed E-state index contributed by atoms with van der Waals surface area (Å²) in [4.78, 5) is 0. The molecule has 0 rings (SSSR count). The SMILES string of the molecule is [Bi+3].[Nb+5].[O-2].[Sr+2].[Ta+5]. The molecule has 0 atom stereocenters. The normalized spacial score (nSPS) is 0. The molecular formula is BiNbOSrTa+13. The van der Waals surface area contributed by atoms with E-state index in [0.29, 0.717) is 0 Å². The van der Waals surface area contributed by atoms with Gasteiger partial charge in [-0.1, -0.05) is 0 Å². The Kier molecular flexibility index (Phi) is 185. The molecule has 0 bridgehead atoms. The molecule has 0 unspecified atom stereocenters. The van der Waals surface area contributed by atoms with Gasteiger partial charge in [-0.2, -0.15) is 0 Å². The summed E-state index contributed by atoms with van der Waals surface area (Å²) in [6.45, 7) is 0. The predicted molar refractivity (Wildman–Crippen MR) is 12.2 cm³/mol. The van der Waals surface area contributed by atoms with E-state index in [9.17, 15) is 0 Å². The smallest absolute Gasteiger partial charge is 2.00 e. The standard InChI is InChI=1S/Bi.Nb.O.Sr.Ta/q+3;+5;-2;+2;+5. The molecule has 0 aliphatic heterocycles. The molecule has 0 aromatic rings. The van der Waals surface area contributed by atoms with Gasteiger partial charge in [0.1, 0.15) is 0 Å². The molecule has 0 heterocycles. The van der Waals surface area contributed by atoms with Crippen LogP contribution in [0, 0.1) is 0 Å². The van der Waals surface area contributed by atoms with E-state index in [1.807, 2.05) is 0 Å². The van der Waals surface area contributed by atoms with Crippen LogP contribution in [0.1, 0.15) is 0 Å². The van der Waals surface area contributed by atoms with Gasteiger partial charge in [0.15, 0.2) is 0 Å². The Morgan fingerprint density at radius 2 is 1.00 bits per heavy atom. The summed E-state index contributed by atoms with van der Waals surface area (Å²) in [6, 6.07) is 0. The molecule has 0 aliphatic carbocycles. The van der Waals surface area contributed by atoms with E-state index >= 15 is 0 Å². The second kappa shape index (κ2) is 25.0. The van der Waals surface area contributed by atoms with Crippen molar-refractivity contribution in [3.05, 3.63) is 0 Å². The van der Waals surface area contributed by atoms with Gasteiger partial charge < -0.3 is 5.48 Å². The minimum atomic E-state index is 0. The topological polar surface area (TPSA) is 28.5 Å². The molecule has 0 aromatic carbocycles. The van der Waals surface area contributed by atoms with Crippen molar-refractivity contribution in [2.45, 2.75) is 0 Å². The van der Waals surface area contributed by atoms with Crippen molar-refractivity contribution in [1.29, 1.82) is 0 Å². The summed E-state index contributed by atoms with van der Waals surface area (Å²) in [7, 11) is 0. The molecule has 0 saturated heterocycles. The molecule has 10 valence electrons. The van der Waals surface area contributed by atoms with Crippen molar-refractivity contribution in [2.75, 3.05) is 0 Å². The van der Waals surface area contributed by atoms with Crippen molar-refractivity contribution < 1.29 is 50.2 Å². The molecule has 0 saturated carbocycles. The average Bonchev–Trinajstić information content (AvgIpc) is 0. The molecule has 0 spiro atoms. The van der Waals surface area contributed by atoms with Gasteiger partial charge in [-0.25, -0.2) is 0 Å². The number of hydrogen-bond acceptors (Lipinski definition) is 0. The Morgan fingerprint density at radius 3 is 1.00 bits per heavy atom. The van der Waals surface area contributed by atoms with Crippen LogP contribution in [0.15, 0.2) is 0 Å². The molecule has 0 aliphatic rings. The monoisotopic (exact) mass is 587 g/mol. The molecule has 0 amide bonds. The molecule has 0 fully saturated rings. The molecule has 1 nitrogen and oxygen atoms in total. The van der Waals surface area contributed by atoms with Gasteiger partial charge in [0.05, 0.1) is 0 Å². The second-order valence-corrected chi connectivity index (χ2v) is 0. The molecule has 0 N–H and O–H groups in total. The summed E-state index contributed by atoms with van der Waals surface area (Å²) in [5.41, 5.74) is 0. The predicted octanol–water partition coefficient (Wildman–Crippen LogP) is -0.885. The van der Waals surface area contributed by atoms with E-state index in [1.54, 1.807) is 0 Å².